The van der Waals surface area contributed by atoms with Crippen molar-refractivity contribution in [3.63, 3.8) is 0 Å². The number of likely N-dealkylation sites (tertiary alicyclic amines) is 1. The molecule has 0 bridgehead atoms. The van der Waals surface area contributed by atoms with Crippen molar-refractivity contribution in [2.24, 2.45) is 5.73 Å². The number of halogens is 4. The fourth-order valence-corrected chi connectivity index (χ4v) is 3.06. The van der Waals surface area contributed by atoms with Crippen LogP contribution in [0.25, 0.3) is 0 Å². The van der Waals surface area contributed by atoms with Crippen molar-refractivity contribution in [2.45, 2.75) is 24.4 Å². The summed E-state index contributed by atoms with van der Waals surface area (Å²) in [4.78, 5) is 25.1. The average Bonchev–Trinajstić information content (AvgIpc) is 2.53. The van der Waals surface area contributed by atoms with Gasteiger partial charge in [-0.3, -0.25) is 9.59 Å². The second-order valence-electron chi connectivity index (χ2n) is 5.54. The zero-order valence-corrected chi connectivity index (χ0v) is 13.0. The van der Waals surface area contributed by atoms with Crippen LogP contribution in [-0.2, 0) is 21.2 Å². The topological polar surface area (TPSA) is 63.4 Å². The van der Waals surface area contributed by atoms with Crippen LogP contribution in [0.5, 0.6) is 0 Å². The fourth-order valence-electron chi connectivity index (χ4n) is 2.89. The van der Waals surface area contributed by atoms with Crippen LogP contribution in [0.4, 0.5) is 13.2 Å². The highest BCUT2D eigenvalue weighted by atomic mass is 35.5. The Bertz CT molecular complexity index is 611. The molecule has 0 aromatic heterocycles. The molecule has 1 heterocycles. The Balaban J connectivity index is 2.34. The summed E-state index contributed by atoms with van der Waals surface area (Å²) in [5.74, 6) is -1.13. The van der Waals surface area contributed by atoms with Crippen LogP contribution < -0.4 is 5.73 Å². The quantitative estimate of drug-likeness (QED) is 0.852. The summed E-state index contributed by atoms with van der Waals surface area (Å²) in [7, 11) is 0. The lowest BCUT2D eigenvalue weighted by Gasteiger charge is -2.40. The van der Waals surface area contributed by atoms with E-state index in [2.05, 4.69) is 0 Å². The van der Waals surface area contributed by atoms with E-state index in [-0.39, 0.29) is 43.3 Å². The van der Waals surface area contributed by atoms with E-state index in [0.29, 0.717) is 0 Å². The number of hydrogen-bond donors (Lipinski definition) is 1. The van der Waals surface area contributed by atoms with Crippen LogP contribution in [0.1, 0.15) is 24.0 Å². The van der Waals surface area contributed by atoms with Crippen molar-refractivity contribution in [3.8, 4) is 0 Å². The number of hydrogen-bond acceptors (Lipinski definition) is 2. The standard InChI is InChI=1S/C15H16ClF3N2O2/c16-9-12(22)21-6-4-14(5-7-21,13(20)23)10-2-1-3-11(8-10)15(17,18)19/h1-3,8H,4-7,9H2,(H2,20,23). The van der Waals surface area contributed by atoms with Crippen LogP contribution in [0.3, 0.4) is 0 Å². The Kier molecular flexibility index (Phi) is 4.89. The Morgan fingerprint density at radius 3 is 2.35 bits per heavy atom. The van der Waals surface area contributed by atoms with Crippen LogP contribution >= 0.6 is 11.6 Å². The zero-order chi connectivity index (χ0) is 17.3. The van der Waals surface area contributed by atoms with Crippen molar-refractivity contribution in [1.29, 1.82) is 0 Å². The van der Waals surface area contributed by atoms with Gasteiger partial charge in [-0.2, -0.15) is 13.2 Å². The Morgan fingerprint density at radius 1 is 1.26 bits per heavy atom. The Hall–Kier alpha value is -1.76. The average molecular weight is 349 g/mol. The van der Waals surface area contributed by atoms with Gasteiger partial charge in [0.1, 0.15) is 5.88 Å². The minimum Gasteiger partial charge on any atom is -0.369 e. The van der Waals surface area contributed by atoms with E-state index >= 15 is 0 Å². The summed E-state index contributed by atoms with van der Waals surface area (Å²) in [5.41, 5.74) is 3.70. The number of nitrogens with zero attached hydrogens (tertiary/aromatic N) is 1. The number of carbonyl (C=O) groups is 2. The summed E-state index contributed by atoms with van der Waals surface area (Å²) in [6.45, 7) is 0.454. The highest BCUT2D eigenvalue weighted by Crippen LogP contribution is 2.38. The highest BCUT2D eigenvalue weighted by Gasteiger charge is 2.43. The van der Waals surface area contributed by atoms with Crippen molar-refractivity contribution < 1.29 is 22.8 Å². The zero-order valence-electron chi connectivity index (χ0n) is 12.2. The number of carbonyl (C=O) groups excluding carboxylic acids is 2. The third-order valence-corrected chi connectivity index (χ3v) is 4.53. The Morgan fingerprint density at radius 2 is 1.87 bits per heavy atom. The number of benzene rings is 1. The smallest absolute Gasteiger partial charge is 0.369 e. The maximum absolute atomic E-state index is 12.9. The number of nitrogens with two attached hydrogens (primary N) is 1. The summed E-state index contributed by atoms with van der Waals surface area (Å²) in [6.07, 6.45) is -4.15. The molecule has 0 aliphatic carbocycles. The molecule has 0 unspecified atom stereocenters. The van der Waals surface area contributed by atoms with E-state index in [1.54, 1.807) is 0 Å². The van der Waals surface area contributed by atoms with E-state index in [1.807, 2.05) is 0 Å². The molecule has 1 aromatic carbocycles. The molecule has 23 heavy (non-hydrogen) atoms. The largest absolute Gasteiger partial charge is 0.416 e. The molecule has 2 N–H and O–H groups in total. The molecule has 0 spiro atoms. The first-order chi connectivity index (χ1) is 10.7. The lowest BCUT2D eigenvalue weighted by atomic mass is 9.71. The third-order valence-electron chi connectivity index (χ3n) is 4.30. The normalized spacial score (nSPS) is 17.8. The number of alkyl halides is 4. The van der Waals surface area contributed by atoms with Crippen LogP contribution in [0.15, 0.2) is 24.3 Å². The van der Waals surface area contributed by atoms with Crippen LogP contribution in [-0.4, -0.2) is 35.7 Å². The lowest BCUT2D eigenvalue weighted by Crippen LogP contribution is -2.51. The number of rotatable bonds is 3. The van der Waals surface area contributed by atoms with Crippen LogP contribution in [0, 0.1) is 0 Å². The first-order valence-electron chi connectivity index (χ1n) is 7.02. The molecule has 2 amide bonds. The fraction of sp³-hybridized carbons (Fsp3) is 0.467. The number of primary amides is 1. The molecular weight excluding hydrogens is 333 g/mol. The van der Waals surface area contributed by atoms with E-state index in [4.69, 9.17) is 17.3 Å². The molecule has 1 aliphatic heterocycles. The predicted molar refractivity (Wildman–Crippen MR) is 78.9 cm³/mol. The molecule has 0 atom stereocenters. The van der Waals surface area contributed by atoms with Gasteiger partial charge in [-0.1, -0.05) is 18.2 Å². The molecule has 0 radical (unpaired) electrons. The second kappa shape index (κ2) is 6.39. The molecule has 126 valence electrons. The van der Waals surface area contributed by atoms with E-state index in [9.17, 15) is 22.8 Å². The summed E-state index contributed by atoms with van der Waals surface area (Å²) in [6, 6.07) is 4.65. The molecule has 8 heteroatoms. The van der Waals surface area contributed by atoms with Gasteiger partial charge in [-0.05, 0) is 24.5 Å². The SMILES string of the molecule is NC(=O)C1(c2cccc(C(F)(F)F)c2)CCN(C(=O)CCl)CC1. The monoisotopic (exact) mass is 348 g/mol. The van der Waals surface area contributed by atoms with Crippen molar-refractivity contribution in [3.05, 3.63) is 35.4 Å². The van der Waals surface area contributed by atoms with Gasteiger partial charge in [-0.15, -0.1) is 11.6 Å². The van der Waals surface area contributed by atoms with Crippen molar-refractivity contribution in [1.82, 2.24) is 4.90 Å². The lowest BCUT2D eigenvalue weighted by molar-refractivity contribution is -0.138. The maximum Gasteiger partial charge on any atom is 0.416 e. The summed E-state index contributed by atoms with van der Waals surface area (Å²) < 4.78 is 38.7. The first-order valence-corrected chi connectivity index (χ1v) is 7.55. The third kappa shape index (κ3) is 3.44. The molecule has 1 aliphatic rings. The molecule has 2 rings (SSSR count). The van der Waals surface area contributed by atoms with Crippen molar-refractivity contribution >= 4 is 23.4 Å². The van der Waals surface area contributed by atoms with Crippen molar-refractivity contribution in [2.75, 3.05) is 19.0 Å². The van der Waals surface area contributed by atoms with E-state index in [0.717, 1.165) is 12.1 Å². The number of amides is 2. The van der Waals surface area contributed by atoms with Gasteiger partial charge in [0.25, 0.3) is 0 Å². The van der Waals surface area contributed by atoms with Gasteiger partial charge in [0.2, 0.25) is 11.8 Å². The minimum atomic E-state index is -4.50. The summed E-state index contributed by atoms with van der Waals surface area (Å²) >= 11 is 5.50. The molecule has 0 saturated carbocycles. The molecule has 1 saturated heterocycles. The van der Waals surface area contributed by atoms with Gasteiger partial charge in [0.15, 0.2) is 0 Å². The Labute approximate surface area is 136 Å². The predicted octanol–water partition coefficient (Wildman–Crippen LogP) is 2.29. The van der Waals surface area contributed by atoms with Gasteiger partial charge < -0.3 is 10.6 Å². The van der Waals surface area contributed by atoms with Crippen LogP contribution in [0.2, 0.25) is 0 Å². The molecule has 1 fully saturated rings. The highest BCUT2D eigenvalue weighted by molar-refractivity contribution is 6.27. The van der Waals surface area contributed by atoms with E-state index < -0.39 is 23.1 Å². The van der Waals surface area contributed by atoms with Gasteiger partial charge in [-0.25, -0.2) is 0 Å². The van der Waals surface area contributed by atoms with Gasteiger partial charge in [0.05, 0.1) is 11.0 Å². The first kappa shape index (κ1) is 17.6. The number of piperidine rings is 1. The minimum absolute atomic E-state index is 0.173. The molecule has 4 nitrogen and oxygen atoms in total. The maximum atomic E-state index is 12.9. The molecule has 1 aromatic rings. The van der Waals surface area contributed by atoms with E-state index in [1.165, 1.54) is 17.0 Å². The van der Waals surface area contributed by atoms with Gasteiger partial charge in [0, 0.05) is 13.1 Å². The summed E-state index contributed by atoms with van der Waals surface area (Å²) in [5, 5.41) is 0. The van der Waals surface area contributed by atoms with Gasteiger partial charge >= 0.3 is 6.18 Å². The molecular formula is C15H16ClF3N2O2. The second-order valence-corrected chi connectivity index (χ2v) is 5.81.